The fourth-order valence-electron chi connectivity index (χ4n) is 4.54. The number of rotatable bonds is 0. The van der Waals surface area contributed by atoms with Crippen LogP contribution in [0, 0.1) is 41.5 Å². The van der Waals surface area contributed by atoms with Gasteiger partial charge in [-0.1, -0.05) is 0 Å². The molecule has 0 aliphatic heterocycles. The second-order valence-corrected chi connectivity index (χ2v) is 8.80. The molecule has 0 saturated carbocycles. The van der Waals surface area contributed by atoms with E-state index in [9.17, 15) is 9.59 Å². The van der Waals surface area contributed by atoms with E-state index in [4.69, 9.17) is 17.7 Å². The summed E-state index contributed by atoms with van der Waals surface area (Å²) in [5.41, 5.74) is 5.82. The molecule has 34 heavy (non-hydrogen) atoms. The standard InChI is InChI=1S/2C14H12O3/c2*1-7-4-12(15)17-14-9(3)13-10(6-11(7)14)5-8(2)16-13/h2*4-6H,1-3H3. The molecule has 0 amide bonds. The average molecular weight is 456 g/mol. The number of aryl methyl sites for hydroxylation is 6. The van der Waals surface area contributed by atoms with Gasteiger partial charge in [0.25, 0.3) is 0 Å². The zero-order valence-electron chi connectivity index (χ0n) is 19.9. The highest BCUT2D eigenvalue weighted by Gasteiger charge is 2.13. The number of furan rings is 2. The normalized spacial score (nSPS) is 11.5. The Bertz CT molecular complexity index is 1720. The first-order chi connectivity index (χ1) is 16.1. The molecule has 0 aliphatic rings. The highest BCUT2D eigenvalue weighted by Crippen LogP contribution is 2.32. The first kappa shape index (κ1) is 21.8. The molecule has 0 spiro atoms. The van der Waals surface area contributed by atoms with Gasteiger partial charge < -0.3 is 17.7 Å². The average Bonchev–Trinajstić information content (AvgIpc) is 3.32. The maximum absolute atomic E-state index is 11.4. The summed E-state index contributed by atoms with van der Waals surface area (Å²) < 4.78 is 21.8. The van der Waals surface area contributed by atoms with Crippen molar-refractivity contribution >= 4 is 43.9 Å². The molecule has 6 aromatic rings. The van der Waals surface area contributed by atoms with Gasteiger partial charge in [0.1, 0.15) is 33.9 Å². The second-order valence-electron chi connectivity index (χ2n) is 8.80. The molecule has 0 atom stereocenters. The van der Waals surface area contributed by atoms with Crippen LogP contribution in [0.1, 0.15) is 33.8 Å². The van der Waals surface area contributed by atoms with Gasteiger partial charge in [0.15, 0.2) is 0 Å². The van der Waals surface area contributed by atoms with Gasteiger partial charge in [-0.15, -0.1) is 0 Å². The van der Waals surface area contributed by atoms with Gasteiger partial charge in [0, 0.05) is 44.8 Å². The monoisotopic (exact) mass is 456 g/mol. The fourth-order valence-corrected chi connectivity index (χ4v) is 4.54. The van der Waals surface area contributed by atoms with Crippen LogP contribution in [0.4, 0.5) is 0 Å². The smallest absolute Gasteiger partial charge is 0.336 e. The molecule has 0 radical (unpaired) electrons. The number of fused-ring (bicyclic) bond motifs is 4. The number of hydrogen-bond donors (Lipinski definition) is 0. The molecule has 0 unspecified atom stereocenters. The Morgan fingerprint density at radius 2 is 0.853 bits per heavy atom. The molecular weight excluding hydrogens is 432 g/mol. The van der Waals surface area contributed by atoms with Gasteiger partial charge in [0.2, 0.25) is 0 Å². The minimum absolute atomic E-state index is 0.319. The number of benzene rings is 2. The van der Waals surface area contributed by atoms with E-state index in [0.29, 0.717) is 11.2 Å². The van der Waals surface area contributed by atoms with Crippen molar-refractivity contribution in [3.63, 3.8) is 0 Å². The van der Waals surface area contributed by atoms with Gasteiger partial charge >= 0.3 is 11.3 Å². The summed E-state index contributed by atoms with van der Waals surface area (Å²) in [5, 5.41) is 4.03. The van der Waals surface area contributed by atoms with Crippen molar-refractivity contribution < 1.29 is 17.7 Å². The van der Waals surface area contributed by atoms with E-state index in [1.807, 2.05) is 65.8 Å². The quantitative estimate of drug-likeness (QED) is 0.230. The van der Waals surface area contributed by atoms with Crippen molar-refractivity contribution in [3.05, 3.63) is 91.0 Å². The predicted molar refractivity (Wildman–Crippen MR) is 133 cm³/mol. The number of hydrogen-bond acceptors (Lipinski definition) is 6. The summed E-state index contributed by atoms with van der Waals surface area (Å²) in [5.74, 6) is 1.72. The molecule has 6 nitrogen and oxygen atoms in total. The molecule has 6 heteroatoms. The van der Waals surface area contributed by atoms with E-state index in [-0.39, 0.29) is 11.3 Å². The molecule has 4 heterocycles. The molecule has 0 aliphatic carbocycles. The molecule has 0 saturated heterocycles. The highest BCUT2D eigenvalue weighted by molar-refractivity contribution is 5.99. The minimum atomic E-state index is -0.319. The van der Waals surface area contributed by atoms with Crippen molar-refractivity contribution in [1.29, 1.82) is 0 Å². The Balaban J connectivity index is 0.000000142. The maximum atomic E-state index is 11.4. The fraction of sp³-hybridized carbons (Fsp3) is 0.214. The van der Waals surface area contributed by atoms with Crippen LogP contribution in [0.15, 0.2) is 63.7 Å². The molecule has 0 N–H and O–H groups in total. The largest absolute Gasteiger partial charge is 0.461 e. The highest BCUT2D eigenvalue weighted by atomic mass is 16.4. The summed E-state index contributed by atoms with van der Waals surface area (Å²) >= 11 is 0. The van der Waals surface area contributed by atoms with Gasteiger partial charge in [0.05, 0.1) is 0 Å². The summed E-state index contributed by atoms with van der Waals surface area (Å²) in [7, 11) is 0. The van der Waals surface area contributed by atoms with Gasteiger partial charge in [-0.25, -0.2) is 9.59 Å². The van der Waals surface area contributed by atoms with Crippen molar-refractivity contribution in [2.75, 3.05) is 0 Å². The van der Waals surface area contributed by atoms with Gasteiger partial charge in [-0.3, -0.25) is 0 Å². The molecule has 172 valence electrons. The predicted octanol–water partition coefficient (Wildman–Crippen LogP) is 6.93. The van der Waals surface area contributed by atoms with Crippen molar-refractivity contribution in [2.45, 2.75) is 41.5 Å². The van der Waals surface area contributed by atoms with E-state index in [1.165, 1.54) is 12.1 Å². The Morgan fingerprint density at radius 1 is 0.471 bits per heavy atom. The molecule has 4 aromatic heterocycles. The van der Waals surface area contributed by atoms with Crippen molar-refractivity contribution in [3.8, 4) is 0 Å². The lowest BCUT2D eigenvalue weighted by Crippen LogP contribution is -1.98. The van der Waals surface area contributed by atoms with Crippen LogP contribution < -0.4 is 11.3 Å². The van der Waals surface area contributed by atoms with E-state index in [1.54, 1.807) is 0 Å². The Labute approximate surface area is 194 Å². The Kier molecular flexibility index (Phi) is 4.97. The van der Waals surface area contributed by atoms with E-state index in [2.05, 4.69) is 0 Å². The first-order valence-corrected chi connectivity index (χ1v) is 11.0. The second kappa shape index (κ2) is 7.76. The Morgan fingerprint density at radius 3 is 1.24 bits per heavy atom. The van der Waals surface area contributed by atoms with Gasteiger partial charge in [-0.2, -0.15) is 0 Å². The van der Waals surface area contributed by atoms with E-state index < -0.39 is 0 Å². The van der Waals surface area contributed by atoms with Crippen LogP contribution in [-0.4, -0.2) is 0 Å². The molecular formula is C28H24O6. The van der Waals surface area contributed by atoms with Crippen LogP contribution in [0.25, 0.3) is 43.9 Å². The summed E-state index contributed by atoms with van der Waals surface area (Å²) in [6, 6.07) is 11.0. The summed E-state index contributed by atoms with van der Waals surface area (Å²) in [4.78, 5) is 22.8. The molecule has 0 bridgehead atoms. The third-order valence-electron chi connectivity index (χ3n) is 6.14. The molecule has 6 rings (SSSR count). The molecule has 0 fully saturated rings. The SMILES string of the molecule is Cc1cc2cc3c(C)cc(=O)oc3c(C)c2o1.Cc1cc2cc3c(C)cc(=O)oc3c(C)c2o1. The minimum Gasteiger partial charge on any atom is -0.461 e. The lowest BCUT2D eigenvalue weighted by molar-refractivity contribution is 0.551. The van der Waals surface area contributed by atoms with Gasteiger partial charge in [-0.05, 0) is 76.9 Å². The summed E-state index contributed by atoms with van der Waals surface area (Å²) in [6.07, 6.45) is 0. The maximum Gasteiger partial charge on any atom is 0.336 e. The third kappa shape index (κ3) is 3.52. The van der Waals surface area contributed by atoms with Crippen LogP contribution in [0.3, 0.4) is 0 Å². The van der Waals surface area contributed by atoms with E-state index in [0.717, 1.165) is 66.5 Å². The zero-order valence-corrected chi connectivity index (χ0v) is 19.9. The van der Waals surface area contributed by atoms with Crippen LogP contribution in [0.5, 0.6) is 0 Å². The topological polar surface area (TPSA) is 86.7 Å². The first-order valence-electron chi connectivity index (χ1n) is 11.0. The zero-order chi connectivity index (χ0) is 24.3. The van der Waals surface area contributed by atoms with Crippen LogP contribution in [0.2, 0.25) is 0 Å². The lowest BCUT2D eigenvalue weighted by atomic mass is 10.1. The molecule has 2 aromatic carbocycles. The van der Waals surface area contributed by atoms with Crippen molar-refractivity contribution in [1.82, 2.24) is 0 Å². The lowest BCUT2D eigenvalue weighted by Gasteiger charge is -2.03. The third-order valence-corrected chi connectivity index (χ3v) is 6.14. The van der Waals surface area contributed by atoms with E-state index >= 15 is 0 Å². The summed E-state index contributed by atoms with van der Waals surface area (Å²) in [6.45, 7) is 11.5. The van der Waals surface area contributed by atoms with Crippen molar-refractivity contribution in [2.24, 2.45) is 0 Å². The van der Waals surface area contributed by atoms with Crippen LogP contribution in [-0.2, 0) is 0 Å². The Hall–Kier alpha value is -4.06. The van der Waals surface area contributed by atoms with Crippen LogP contribution >= 0.6 is 0 Å².